The van der Waals surface area contributed by atoms with Gasteiger partial charge < -0.3 is 0 Å². The van der Waals surface area contributed by atoms with E-state index in [4.69, 9.17) is 0 Å². The van der Waals surface area contributed by atoms with Gasteiger partial charge in [-0.15, -0.1) is 0 Å². The molecule has 1 rings (SSSR count). The van der Waals surface area contributed by atoms with Gasteiger partial charge >= 0.3 is 0 Å². The van der Waals surface area contributed by atoms with Crippen LogP contribution in [-0.4, -0.2) is 10.8 Å². The Hall–Kier alpha value is -1.18. The highest BCUT2D eigenvalue weighted by atomic mass is 16.1. The van der Waals surface area contributed by atoms with E-state index in [0.717, 1.165) is 18.5 Å². The number of rotatable bonds is 4. The van der Waals surface area contributed by atoms with Crippen LogP contribution >= 0.6 is 0 Å². The summed E-state index contributed by atoms with van der Waals surface area (Å²) in [5.41, 5.74) is 1.07. The molecule has 0 aromatic carbocycles. The molecule has 0 amide bonds. The van der Waals surface area contributed by atoms with Gasteiger partial charge in [0, 0.05) is 17.8 Å². The second-order valence-corrected chi connectivity index (χ2v) is 3.37. The first-order valence-corrected chi connectivity index (χ1v) is 4.60. The van der Waals surface area contributed by atoms with E-state index in [1.54, 1.807) is 13.1 Å². The van der Waals surface area contributed by atoms with E-state index >= 15 is 0 Å². The summed E-state index contributed by atoms with van der Waals surface area (Å²) in [6.45, 7) is 3.61. The van der Waals surface area contributed by atoms with E-state index in [1.807, 2.05) is 25.1 Å². The molecule has 1 atom stereocenters. The molecule has 2 nitrogen and oxygen atoms in total. The predicted molar refractivity (Wildman–Crippen MR) is 52.4 cm³/mol. The fraction of sp³-hybridized carbons (Fsp3) is 0.455. The largest absolute Gasteiger partial charge is 0.300 e. The van der Waals surface area contributed by atoms with Gasteiger partial charge in [-0.2, -0.15) is 0 Å². The van der Waals surface area contributed by atoms with Crippen molar-refractivity contribution in [3.8, 4) is 0 Å². The second kappa shape index (κ2) is 4.75. The number of pyridine rings is 1. The summed E-state index contributed by atoms with van der Waals surface area (Å²) in [7, 11) is 0. The van der Waals surface area contributed by atoms with Crippen molar-refractivity contribution in [3.05, 3.63) is 30.1 Å². The lowest BCUT2D eigenvalue weighted by Gasteiger charge is -2.05. The van der Waals surface area contributed by atoms with Crippen molar-refractivity contribution < 1.29 is 4.79 Å². The third-order valence-corrected chi connectivity index (χ3v) is 2.25. The van der Waals surface area contributed by atoms with E-state index in [9.17, 15) is 4.79 Å². The summed E-state index contributed by atoms with van der Waals surface area (Å²) < 4.78 is 0. The third-order valence-electron chi connectivity index (χ3n) is 2.25. The summed E-state index contributed by atoms with van der Waals surface area (Å²) >= 11 is 0. The molecule has 0 aliphatic carbocycles. The Morgan fingerprint density at radius 3 is 2.85 bits per heavy atom. The SMILES string of the molecule is CC(=O)C(C)CCc1ccccn1. The maximum Gasteiger partial charge on any atom is 0.132 e. The molecular weight excluding hydrogens is 162 g/mol. The first kappa shape index (κ1) is 9.90. The summed E-state index contributed by atoms with van der Waals surface area (Å²) in [6, 6.07) is 5.87. The van der Waals surface area contributed by atoms with Gasteiger partial charge in [-0.05, 0) is 31.9 Å². The number of aryl methyl sites for hydroxylation is 1. The second-order valence-electron chi connectivity index (χ2n) is 3.37. The van der Waals surface area contributed by atoms with Crippen LogP contribution in [0.25, 0.3) is 0 Å². The molecule has 2 heteroatoms. The maximum atomic E-state index is 10.9. The van der Waals surface area contributed by atoms with Crippen molar-refractivity contribution in [2.75, 3.05) is 0 Å². The molecule has 0 aliphatic rings. The first-order chi connectivity index (χ1) is 6.20. The van der Waals surface area contributed by atoms with Crippen LogP contribution in [0, 0.1) is 5.92 Å². The van der Waals surface area contributed by atoms with Crippen molar-refractivity contribution in [2.45, 2.75) is 26.7 Å². The molecule has 0 fully saturated rings. The molecule has 1 aromatic heterocycles. The minimum Gasteiger partial charge on any atom is -0.300 e. The van der Waals surface area contributed by atoms with E-state index in [2.05, 4.69) is 4.98 Å². The maximum absolute atomic E-state index is 10.9. The Kier molecular flexibility index (Phi) is 3.62. The van der Waals surface area contributed by atoms with Gasteiger partial charge in [0.15, 0.2) is 0 Å². The van der Waals surface area contributed by atoms with Gasteiger partial charge in [-0.3, -0.25) is 9.78 Å². The quantitative estimate of drug-likeness (QED) is 0.706. The molecule has 0 saturated heterocycles. The van der Waals surface area contributed by atoms with Gasteiger partial charge in [-0.25, -0.2) is 0 Å². The van der Waals surface area contributed by atoms with Gasteiger partial charge in [0.2, 0.25) is 0 Å². The highest BCUT2D eigenvalue weighted by Gasteiger charge is 2.07. The number of ketones is 1. The molecular formula is C11H15NO. The molecule has 0 spiro atoms. The topological polar surface area (TPSA) is 30.0 Å². The van der Waals surface area contributed by atoms with Crippen molar-refractivity contribution in [1.82, 2.24) is 4.98 Å². The zero-order chi connectivity index (χ0) is 9.68. The van der Waals surface area contributed by atoms with Crippen LogP contribution in [0.1, 0.15) is 26.0 Å². The lowest BCUT2D eigenvalue weighted by molar-refractivity contribution is -0.120. The number of Topliss-reactive ketones (excluding diaryl/α,β-unsaturated/α-hetero) is 1. The Morgan fingerprint density at radius 1 is 1.54 bits per heavy atom. The zero-order valence-electron chi connectivity index (χ0n) is 8.16. The summed E-state index contributed by atoms with van der Waals surface area (Å²) in [5.74, 6) is 0.415. The smallest absolute Gasteiger partial charge is 0.132 e. The van der Waals surface area contributed by atoms with Gasteiger partial charge in [-0.1, -0.05) is 13.0 Å². The Bertz CT molecular complexity index is 269. The first-order valence-electron chi connectivity index (χ1n) is 4.60. The highest BCUT2D eigenvalue weighted by Crippen LogP contribution is 2.07. The van der Waals surface area contributed by atoms with E-state index in [-0.39, 0.29) is 11.7 Å². The van der Waals surface area contributed by atoms with Gasteiger partial charge in [0.25, 0.3) is 0 Å². The third kappa shape index (κ3) is 3.36. The Morgan fingerprint density at radius 2 is 2.31 bits per heavy atom. The van der Waals surface area contributed by atoms with E-state index in [0.29, 0.717) is 0 Å². The fourth-order valence-electron chi connectivity index (χ4n) is 1.11. The van der Waals surface area contributed by atoms with Gasteiger partial charge in [0.1, 0.15) is 5.78 Å². The Balaban J connectivity index is 2.39. The molecule has 0 aliphatic heterocycles. The molecule has 0 saturated carbocycles. The lowest BCUT2D eigenvalue weighted by atomic mass is 10.0. The zero-order valence-corrected chi connectivity index (χ0v) is 8.16. The predicted octanol–water partition coefficient (Wildman–Crippen LogP) is 2.24. The highest BCUT2D eigenvalue weighted by molar-refractivity contribution is 5.77. The van der Waals surface area contributed by atoms with Gasteiger partial charge in [0.05, 0.1) is 0 Å². The average molecular weight is 177 g/mol. The average Bonchev–Trinajstić information content (AvgIpc) is 2.15. The normalized spacial score (nSPS) is 12.5. The van der Waals surface area contributed by atoms with Crippen LogP contribution < -0.4 is 0 Å². The minimum atomic E-state index is 0.155. The minimum absolute atomic E-state index is 0.155. The standard InChI is InChI=1S/C11H15NO/c1-9(10(2)13)6-7-11-5-3-4-8-12-11/h3-5,8-9H,6-7H2,1-2H3. The number of hydrogen-bond acceptors (Lipinski definition) is 2. The van der Waals surface area contributed by atoms with Crippen molar-refractivity contribution in [1.29, 1.82) is 0 Å². The van der Waals surface area contributed by atoms with Crippen molar-refractivity contribution in [2.24, 2.45) is 5.92 Å². The Labute approximate surface area is 79.0 Å². The van der Waals surface area contributed by atoms with Crippen molar-refractivity contribution in [3.63, 3.8) is 0 Å². The fourth-order valence-corrected chi connectivity index (χ4v) is 1.11. The number of nitrogens with zero attached hydrogens (tertiary/aromatic N) is 1. The van der Waals surface area contributed by atoms with Crippen LogP contribution in [0.15, 0.2) is 24.4 Å². The summed E-state index contributed by atoms with van der Waals surface area (Å²) in [4.78, 5) is 15.1. The number of hydrogen-bond donors (Lipinski definition) is 0. The van der Waals surface area contributed by atoms with Crippen LogP contribution in [0.2, 0.25) is 0 Å². The number of carbonyl (C=O) groups is 1. The molecule has 0 N–H and O–H groups in total. The summed E-state index contributed by atoms with van der Waals surface area (Å²) in [5, 5.41) is 0. The molecule has 0 bridgehead atoms. The van der Waals surface area contributed by atoms with Crippen LogP contribution in [0.5, 0.6) is 0 Å². The number of aromatic nitrogens is 1. The molecule has 1 aromatic rings. The van der Waals surface area contributed by atoms with Crippen LogP contribution in [-0.2, 0) is 11.2 Å². The van der Waals surface area contributed by atoms with E-state index in [1.165, 1.54) is 0 Å². The van der Waals surface area contributed by atoms with Crippen molar-refractivity contribution >= 4 is 5.78 Å². The monoisotopic (exact) mass is 177 g/mol. The van der Waals surface area contributed by atoms with E-state index < -0.39 is 0 Å². The number of carbonyl (C=O) groups excluding carboxylic acids is 1. The molecule has 70 valence electrons. The van der Waals surface area contributed by atoms with Crippen LogP contribution in [0.4, 0.5) is 0 Å². The molecule has 1 heterocycles. The van der Waals surface area contributed by atoms with Crippen LogP contribution in [0.3, 0.4) is 0 Å². The lowest BCUT2D eigenvalue weighted by Crippen LogP contribution is -2.07. The summed E-state index contributed by atoms with van der Waals surface area (Å²) in [6.07, 6.45) is 3.57. The molecule has 13 heavy (non-hydrogen) atoms. The molecule has 0 radical (unpaired) electrons. The molecule has 1 unspecified atom stereocenters.